The van der Waals surface area contributed by atoms with Crippen LogP contribution < -0.4 is 5.32 Å². The summed E-state index contributed by atoms with van der Waals surface area (Å²) in [5.41, 5.74) is 7.36. The highest BCUT2D eigenvalue weighted by Gasteiger charge is 2.02. The Balaban J connectivity index is 1.51. The molecule has 0 aliphatic carbocycles. The Morgan fingerprint density at radius 3 is 1.81 bits per heavy atom. The first-order valence-corrected chi connectivity index (χ1v) is 8.92. The first-order valence-electron chi connectivity index (χ1n) is 8.92. The minimum atomic E-state index is 0.961. The molecule has 126 valence electrons. The molecule has 0 aliphatic rings. The fourth-order valence-corrected chi connectivity index (χ4v) is 3.13. The summed E-state index contributed by atoms with van der Waals surface area (Å²) in [4.78, 5) is 0. The fraction of sp³-hybridized carbons (Fsp3) is 0.0400. The first-order chi connectivity index (χ1) is 12.9. The van der Waals surface area contributed by atoms with Crippen LogP contribution in [0.5, 0.6) is 0 Å². The van der Waals surface area contributed by atoms with E-state index in [2.05, 4.69) is 96.3 Å². The van der Waals surface area contributed by atoms with Gasteiger partial charge < -0.3 is 5.32 Å². The van der Waals surface area contributed by atoms with Crippen molar-refractivity contribution in [3.8, 4) is 11.1 Å². The number of para-hydroxylation sites is 1. The quantitative estimate of drug-likeness (QED) is 0.428. The molecule has 0 bridgehead atoms. The Hall–Kier alpha value is -3.32. The third-order valence-electron chi connectivity index (χ3n) is 4.46. The van der Waals surface area contributed by atoms with Crippen molar-refractivity contribution >= 4 is 11.4 Å². The van der Waals surface area contributed by atoms with Crippen LogP contribution in [0.2, 0.25) is 0 Å². The van der Waals surface area contributed by atoms with E-state index in [9.17, 15) is 0 Å². The second-order valence-corrected chi connectivity index (χ2v) is 6.43. The molecule has 1 nitrogen and oxygen atoms in total. The van der Waals surface area contributed by atoms with E-state index in [1.165, 1.54) is 22.3 Å². The van der Waals surface area contributed by atoms with Crippen LogP contribution in [0.25, 0.3) is 11.1 Å². The zero-order chi connectivity index (χ0) is 17.6. The molecule has 0 saturated heterocycles. The second-order valence-electron chi connectivity index (χ2n) is 6.43. The van der Waals surface area contributed by atoms with Gasteiger partial charge in [0.15, 0.2) is 0 Å². The standard InChI is InChI=1S/C25H21N/c1-3-8-20(9-4-1)18-21-10-7-11-23(19-21)22-14-16-25(17-15-22)26-24-12-5-2-6-13-24/h1-17,19,26H,18H2. The Labute approximate surface area is 155 Å². The van der Waals surface area contributed by atoms with E-state index >= 15 is 0 Å². The smallest absolute Gasteiger partial charge is 0.0384 e. The zero-order valence-corrected chi connectivity index (χ0v) is 14.6. The average Bonchev–Trinajstić information content (AvgIpc) is 2.70. The molecule has 0 saturated carbocycles. The van der Waals surface area contributed by atoms with Crippen LogP contribution >= 0.6 is 0 Å². The molecule has 1 heteroatoms. The van der Waals surface area contributed by atoms with Crippen LogP contribution in [-0.4, -0.2) is 0 Å². The van der Waals surface area contributed by atoms with Gasteiger partial charge in [-0.25, -0.2) is 0 Å². The molecule has 1 N–H and O–H groups in total. The predicted molar refractivity (Wildman–Crippen MR) is 111 cm³/mol. The number of benzene rings is 4. The van der Waals surface area contributed by atoms with Crippen molar-refractivity contribution in [2.75, 3.05) is 5.32 Å². The summed E-state index contributed by atoms with van der Waals surface area (Å²) in [6.07, 6.45) is 0.961. The van der Waals surface area contributed by atoms with Gasteiger partial charge in [-0.1, -0.05) is 84.9 Å². The normalized spacial score (nSPS) is 10.5. The van der Waals surface area contributed by atoms with E-state index in [4.69, 9.17) is 0 Å². The molecule has 26 heavy (non-hydrogen) atoms. The summed E-state index contributed by atoms with van der Waals surface area (Å²) in [5, 5.41) is 3.43. The average molecular weight is 335 g/mol. The van der Waals surface area contributed by atoms with E-state index in [1.54, 1.807) is 0 Å². The minimum absolute atomic E-state index is 0.961. The van der Waals surface area contributed by atoms with E-state index in [-0.39, 0.29) is 0 Å². The summed E-state index contributed by atoms with van der Waals surface area (Å²) >= 11 is 0. The number of nitrogens with one attached hydrogen (secondary N) is 1. The predicted octanol–water partition coefficient (Wildman–Crippen LogP) is 6.69. The molecular weight excluding hydrogens is 314 g/mol. The molecule has 0 radical (unpaired) electrons. The van der Waals surface area contributed by atoms with E-state index in [0.717, 1.165) is 17.8 Å². The number of rotatable bonds is 5. The minimum Gasteiger partial charge on any atom is -0.356 e. The van der Waals surface area contributed by atoms with Crippen LogP contribution in [0, 0.1) is 0 Å². The van der Waals surface area contributed by atoms with Crippen molar-refractivity contribution in [2.24, 2.45) is 0 Å². The van der Waals surface area contributed by atoms with Crippen LogP contribution in [0.1, 0.15) is 11.1 Å². The Kier molecular flexibility index (Phi) is 4.79. The second kappa shape index (κ2) is 7.71. The van der Waals surface area contributed by atoms with Crippen LogP contribution in [0.15, 0.2) is 109 Å². The molecule has 0 amide bonds. The van der Waals surface area contributed by atoms with Gasteiger partial charge in [-0.2, -0.15) is 0 Å². The van der Waals surface area contributed by atoms with E-state index in [0.29, 0.717) is 0 Å². The van der Waals surface area contributed by atoms with Crippen molar-refractivity contribution in [3.63, 3.8) is 0 Å². The summed E-state index contributed by atoms with van der Waals surface area (Å²) in [5.74, 6) is 0. The van der Waals surface area contributed by atoms with Crippen LogP contribution in [0.4, 0.5) is 11.4 Å². The summed E-state index contributed by atoms with van der Waals surface area (Å²) in [6, 6.07) is 38.3. The summed E-state index contributed by atoms with van der Waals surface area (Å²) < 4.78 is 0. The van der Waals surface area contributed by atoms with Gasteiger partial charge in [-0.15, -0.1) is 0 Å². The maximum absolute atomic E-state index is 3.43. The van der Waals surface area contributed by atoms with E-state index < -0.39 is 0 Å². The Morgan fingerprint density at radius 1 is 0.462 bits per heavy atom. The number of hydrogen-bond donors (Lipinski definition) is 1. The molecule has 0 heterocycles. The number of hydrogen-bond acceptors (Lipinski definition) is 1. The molecular formula is C25H21N. The largest absolute Gasteiger partial charge is 0.356 e. The van der Waals surface area contributed by atoms with Gasteiger partial charge in [0.25, 0.3) is 0 Å². The van der Waals surface area contributed by atoms with Gasteiger partial charge >= 0.3 is 0 Å². The summed E-state index contributed by atoms with van der Waals surface area (Å²) in [7, 11) is 0. The lowest BCUT2D eigenvalue weighted by Gasteiger charge is -2.09. The molecule has 0 unspecified atom stereocenters. The van der Waals surface area contributed by atoms with Gasteiger partial charge in [0.05, 0.1) is 0 Å². The lowest BCUT2D eigenvalue weighted by Crippen LogP contribution is -1.90. The SMILES string of the molecule is c1ccc(Cc2cccc(-c3ccc(Nc4ccccc4)cc3)c2)cc1. The van der Waals surface area contributed by atoms with Gasteiger partial charge in [-0.05, 0) is 52.9 Å². The van der Waals surface area contributed by atoms with Crippen molar-refractivity contribution in [1.82, 2.24) is 0 Å². The van der Waals surface area contributed by atoms with Crippen molar-refractivity contribution in [3.05, 3.63) is 120 Å². The molecule has 0 spiro atoms. The highest BCUT2D eigenvalue weighted by atomic mass is 14.9. The number of anilines is 2. The maximum Gasteiger partial charge on any atom is 0.0384 e. The fourth-order valence-electron chi connectivity index (χ4n) is 3.13. The lowest BCUT2D eigenvalue weighted by molar-refractivity contribution is 1.19. The van der Waals surface area contributed by atoms with Crippen LogP contribution in [-0.2, 0) is 6.42 Å². The van der Waals surface area contributed by atoms with Crippen molar-refractivity contribution in [2.45, 2.75) is 6.42 Å². The van der Waals surface area contributed by atoms with Crippen molar-refractivity contribution < 1.29 is 0 Å². The first kappa shape index (κ1) is 16.2. The molecule has 0 aliphatic heterocycles. The highest BCUT2D eigenvalue weighted by molar-refractivity contribution is 5.69. The Morgan fingerprint density at radius 2 is 1.08 bits per heavy atom. The molecule has 0 fully saturated rings. The van der Waals surface area contributed by atoms with Gasteiger partial charge in [0.1, 0.15) is 0 Å². The zero-order valence-electron chi connectivity index (χ0n) is 14.6. The molecule has 0 aromatic heterocycles. The maximum atomic E-state index is 3.43. The molecule has 4 aromatic carbocycles. The highest BCUT2D eigenvalue weighted by Crippen LogP contribution is 2.25. The lowest BCUT2D eigenvalue weighted by atomic mass is 9.99. The van der Waals surface area contributed by atoms with Crippen molar-refractivity contribution in [1.29, 1.82) is 0 Å². The third kappa shape index (κ3) is 4.01. The van der Waals surface area contributed by atoms with Gasteiger partial charge in [0, 0.05) is 11.4 Å². The third-order valence-corrected chi connectivity index (χ3v) is 4.46. The van der Waals surface area contributed by atoms with Gasteiger partial charge in [0.2, 0.25) is 0 Å². The van der Waals surface area contributed by atoms with E-state index in [1.807, 2.05) is 18.2 Å². The molecule has 4 rings (SSSR count). The topological polar surface area (TPSA) is 12.0 Å². The van der Waals surface area contributed by atoms with Gasteiger partial charge in [-0.3, -0.25) is 0 Å². The molecule has 0 atom stereocenters. The van der Waals surface area contributed by atoms with Crippen LogP contribution in [0.3, 0.4) is 0 Å². The Bertz CT molecular complexity index is 958. The summed E-state index contributed by atoms with van der Waals surface area (Å²) in [6.45, 7) is 0. The molecule has 4 aromatic rings. The monoisotopic (exact) mass is 335 g/mol.